The number of ether oxygens (including phenoxy) is 4. The molecule has 0 radical (unpaired) electrons. The Labute approximate surface area is 225 Å². The summed E-state index contributed by atoms with van der Waals surface area (Å²) >= 11 is 4.49. The number of hydrogen-bond acceptors (Lipinski definition) is 9. The smallest absolute Gasteiger partial charge is 0.338 e. The van der Waals surface area contributed by atoms with Crippen LogP contribution in [0.3, 0.4) is 0 Å². The number of fused-ring (bicyclic) bond motifs is 1. The minimum Gasteiger partial charge on any atom is -0.503 e. The van der Waals surface area contributed by atoms with Crippen LogP contribution in [-0.2, 0) is 9.53 Å². The lowest BCUT2D eigenvalue weighted by Crippen LogP contribution is -2.40. The van der Waals surface area contributed by atoms with Gasteiger partial charge in [0, 0.05) is 5.56 Å². The number of carbonyl (C=O) groups excluding carboxylic acids is 1. The molecule has 4 rings (SSSR count). The number of phenolic OH excluding ortho intramolecular Hbond substituents is 1. The van der Waals surface area contributed by atoms with Gasteiger partial charge in [-0.05, 0) is 71.7 Å². The van der Waals surface area contributed by atoms with Gasteiger partial charge in [0.1, 0.15) is 17.5 Å². The molecule has 0 saturated heterocycles. The highest BCUT2D eigenvalue weighted by molar-refractivity contribution is 9.10. The zero-order valence-corrected chi connectivity index (χ0v) is 23.2. The molecule has 37 heavy (non-hydrogen) atoms. The number of hydrogen-bond donors (Lipinski definition) is 1. The van der Waals surface area contributed by atoms with Gasteiger partial charge in [-0.15, -0.1) is 0 Å². The Bertz CT molecular complexity index is 1590. The molecule has 1 aromatic heterocycles. The first-order valence-corrected chi connectivity index (χ1v) is 12.8. The number of rotatable bonds is 7. The Balaban J connectivity index is 2.01. The van der Waals surface area contributed by atoms with E-state index in [2.05, 4.69) is 20.9 Å². The predicted octanol–water partition coefficient (Wildman–Crippen LogP) is 3.29. The number of benzene rings is 2. The SMILES string of the molecule is CCOC(=O)C1=C(C)N=c2s/c(=C/c3cc(Br)c(O)c(OC)c3)c(=O)n2[C@H]1c1cc(OC)ccc1OC. The average Bonchev–Trinajstić information content (AvgIpc) is 3.18. The van der Waals surface area contributed by atoms with Crippen LogP contribution in [0.5, 0.6) is 23.0 Å². The molecule has 0 unspecified atom stereocenters. The highest BCUT2D eigenvalue weighted by Crippen LogP contribution is 2.38. The van der Waals surface area contributed by atoms with Crippen molar-refractivity contribution in [3.63, 3.8) is 0 Å². The van der Waals surface area contributed by atoms with E-state index in [1.807, 2.05) is 0 Å². The van der Waals surface area contributed by atoms with Gasteiger partial charge in [-0.25, -0.2) is 9.79 Å². The number of thiazole rings is 1. The molecule has 0 fully saturated rings. The van der Waals surface area contributed by atoms with Crippen molar-refractivity contribution in [3.05, 3.63) is 76.9 Å². The fourth-order valence-corrected chi connectivity index (χ4v) is 5.63. The summed E-state index contributed by atoms with van der Waals surface area (Å²) in [5, 5.41) is 10.1. The summed E-state index contributed by atoms with van der Waals surface area (Å²) in [6.07, 6.45) is 1.68. The third-order valence-electron chi connectivity index (χ3n) is 5.82. The largest absolute Gasteiger partial charge is 0.503 e. The fraction of sp³-hybridized carbons (Fsp3) is 0.269. The van der Waals surface area contributed by atoms with Gasteiger partial charge in [0.05, 0.1) is 48.2 Å². The standard InChI is InChI=1S/C26H25BrN2O7S/c1-6-36-25(32)21-13(2)28-26-29(22(21)16-12-15(33-3)7-8-18(16)34-4)24(31)20(37-26)11-14-9-17(27)23(30)19(10-14)35-5/h7-12,22,30H,6H2,1-5H3/b20-11+/t22-/m0/s1. The van der Waals surface area contributed by atoms with Gasteiger partial charge >= 0.3 is 5.97 Å². The fourth-order valence-electron chi connectivity index (χ4n) is 4.12. The van der Waals surface area contributed by atoms with Gasteiger partial charge in [0.15, 0.2) is 16.3 Å². The molecule has 1 aliphatic heterocycles. The van der Waals surface area contributed by atoms with Crippen LogP contribution in [0.25, 0.3) is 6.08 Å². The molecule has 1 atom stereocenters. The van der Waals surface area contributed by atoms with Crippen molar-refractivity contribution in [3.8, 4) is 23.0 Å². The molecule has 1 N–H and O–H groups in total. The second-order valence-electron chi connectivity index (χ2n) is 7.96. The molecule has 0 bridgehead atoms. The van der Waals surface area contributed by atoms with E-state index >= 15 is 0 Å². The number of nitrogens with zero attached hydrogens (tertiary/aromatic N) is 2. The van der Waals surface area contributed by atoms with E-state index in [1.54, 1.807) is 50.3 Å². The van der Waals surface area contributed by atoms with Crippen molar-refractivity contribution in [2.24, 2.45) is 4.99 Å². The molecule has 2 heterocycles. The first-order chi connectivity index (χ1) is 17.7. The number of phenols is 1. The topological polar surface area (TPSA) is 109 Å². The van der Waals surface area contributed by atoms with Crippen LogP contribution in [-0.4, -0.2) is 43.6 Å². The minimum atomic E-state index is -0.858. The molecule has 9 nitrogen and oxygen atoms in total. The van der Waals surface area contributed by atoms with Crippen molar-refractivity contribution in [2.45, 2.75) is 19.9 Å². The van der Waals surface area contributed by atoms with Gasteiger partial charge in [0.2, 0.25) is 0 Å². The number of allylic oxidation sites excluding steroid dienone is 1. The molecule has 0 spiro atoms. The zero-order valence-electron chi connectivity index (χ0n) is 20.8. The maximum atomic E-state index is 13.8. The van der Waals surface area contributed by atoms with Gasteiger partial charge in [0.25, 0.3) is 5.56 Å². The number of halogens is 1. The lowest BCUT2D eigenvalue weighted by atomic mass is 9.94. The molecule has 0 amide bonds. The van der Waals surface area contributed by atoms with Crippen molar-refractivity contribution in [1.82, 2.24) is 4.57 Å². The third-order valence-corrected chi connectivity index (χ3v) is 7.40. The predicted molar refractivity (Wildman–Crippen MR) is 142 cm³/mol. The number of aromatic nitrogens is 1. The molecule has 11 heteroatoms. The van der Waals surface area contributed by atoms with E-state index in [-0.39, 0.29) is 29.2 Å². The van der Waals surface area contributed by atoms with E-state index in [1.165, 1.54) is 37.2 Å². The zero-order chi connectivity index (χ0) is 26.9. The molecule has 1 aliphatic rings. The molecule has 194 valence electrons. The highest BCUT2D eigenvalue weighted by Gasteiger charge is 2.35. The summed E-state index contributed by atoms with van der Waals surface area (Å²) in [6.45, 7) is 3.60. The Morgan fingerprint density at radius 1 is 1.16 bits per heavy atom. The summed E-state index contributed by atoms with van der Waals surface area (Å²) < 4.78 is 23.9. The van der Waals surface area contributed by atoms with E-state index in [4.69, 9.17) is 18.9 Å². The molecular formula is C26H25BrN2O7S. The first kappa shape index (κ1) is 26.5. The maximum absolute atomic E-state index is 13.8. The summed E-state index contributed by atoms with van der Waals surface area (Å²) in [4.78, 5) is 32.0. The summed E-state index contributed by atoms with van der Waals surface area (Å²) in [5.74, 6) is 0.662. The van der Waals surface area contributed by atoms with Gasteiger partial charge in [-0.2, -0.15) is 0 Å². The monoisotopic (exact) mass is 588 g/mol. The van der Waals surface area contributed by atoms with Crippen LogP contribution in [0, 0.1) is 0 Å². The Hall–Kier alpha value is -3.57. The maximum Gasteiger partial charge on any atom is 0.338 e. The number of carbonyl (C=O) groups is 1. The molecule has 3 aromatic rings. The van der Waals surface area contributed by atoms with Crippen LogP contribution >= 0.6 is 27.3 Å². The van der Waals surface area contributed by atoms with E-state index < -0.39 is 12.0 Å². The Morgan fingerprint density at radius 3 is 2.54 bits per heavy atom. The Morgan fingerprint density at radius 2 is 1.89 bits per heavy atom. The van der Waals surface area contributed by atoms with Gasteiger partial charge < -0.3 is 24.1 Å². The molecule has 0 aliphatic carbocycles. The molecule has 0 saturated carbocycles. The van der Waals surface area contributed by atoms with Crippen LogP contribution < -0.4 is 29.1 Å². The summed E-state index contributed by atoms with van der Waals surface area (Å²) in [7, 11) is 4.50. The number of methoxy groups -OCH3 is 3. The average molecular weight is 589 g/mol. The third kappa shape index (κ3) is 4.88. The number of aromatic hydroxyl groups is 1. The van der Waals surface area contributed by atoms with Crippen LogP contribution in [0.15, 0.2) is 55.9 Å². The van der Waals surface area contributed by atoms with Crippen LogP contribution in [0.2, 0.25) is 0 Å². The van der Waals surface area contributed by atoms with E-state index in [0.717, 1.165) is 0 Å². The lowest BCUT2D eigenvalue weighted by molar-refractivity contribution is -0.139. The van der Waals surface area contributed by atoms with Gasteiger partial charge in [-0.3, -0.25) is 9.36 Å². The first-order valence-electron chi connectivity index (χ1n) is 11.2. The highest BCUT2D eigenvalue weighted by atomic mass is 79.9. The van der Waals surface area contributed by atoms with Crippen molar-refractivity contribution < 1.29 is 28.8 Å². The van der Waals surface area contributed by atoms with E-state index in [9.17, 15) is 14.7 Å². The normalized spacial score (nSPS) is 15.2. The van der Waals surface area contributed by atoms with Crippen molar-refractivity contribution in [1.29, 1.82) is 0 Å². The quantitative estimate of drug-likeness (QED) is 0.422. The molecular weight excluding hydrogens is 564 g/mol. The number of esters is 1. The van der Waals surface area contributed by atoms with E-state index in [0.29, 0.717) is 42.1 Å². The van der Waals surface area contributed by atoms with Crippen molar-refractivity contribution in [2.75, 3.05) is 27.9 Å². The van der Waals surface area contributed by atoms with Gasteiger partial charge in [-0.1, -0.05) is 11.3 Å². The summed E-state index contributed by atoms with van der Waals surface area (Å²) in [6, 6.07) is 7.64. The second kappa shape index (κ2) is 10.8. The minimum absolute atomic E-state index is 0.0408. The molecule has 2 aromatic carbocycles. The summed E-state index contributed by atoms with van der Waals surface area (Å²) in [5.41, 5.74) is 1.51. The second-order valence-corrected chi connectivity index (χ2v) is 9.83. The van der Waals surface area contributed by atoms with Crippen molar-refractivity contribution >= 4 is 39.3 Å². The van der Waals surface area contributed by atoms with Crippen LogP contribution in [0.4, 0.5) is 0 Å². The van der Waals surface area contributed by atoms with Crippen LogP contribution in [0.1, 0.15) is 31.0 Å². The lowest BCUT2D eigenvalue weighted by Gasteiger charge is -2.26. The Kier molecular flexibility index (Phi) is 7.74.